The van der Waals surface area contributed by atoms with Crippen LogP contribution >= 0.6 is 0 Å². The number of benzene rings is 4. The van der Waals surface area contributed by atoms with E-state index in [2.05, 4.69) is 121 Å². The Morgan fingerprint density at radius 2 is 1.45 bits per heavy atom. The second kappa shape index (κ2) is 13.2. The second-order valence-corrected chi connectivity index (χ2v) is 10.2. The van der Waals surface area contributed by atoms with E-state index in [-0.39, 0.29) is 20.1 Å². The number of likely N-dealkylation sites (N-methyl/N-ethyl adjacent to an activating group) is 1. The molecule has 0 spiro atoms. The smallest absolute Gasteiger partial charge is 0.528 e. The third-order valence-electron chi connectivity index (χ3n) is 6.99. The molecule has 0 N–H and O–H groups in total. The molecule has 1 aromatic heterocycles. The van der Waals surface area contributed by atoms with Crippen LogP contribution < -0.4 is 4.90 Å². The third kappa shape index (κ3) is 6.79. The van der Waals surface area contributed by atoms with Gasteiger partial charge < -0.3 is 9.80 Å². The zero-order chi connectivity index (χ0) is 27.4. The second-order valence-electron chi connectivity index (χ2n) is 10.2. The Bertz CT molecular complexity index is 1500. The molecule has 40 heavy (non-hydrogen) atoms. The Morgan fingerprint density at radius 1 is 0.725 bits per heavy atom. The van der Waals surface area contributed by atoms with Crippen LogP contribution in [-0.4, -0.2) is 34.8 Å². The first kappa shape index (κ1) is 29.5. The summed E-state index contributed by atoms with van der Waals surface area (Å²) in [5.74, 6) is 0. The summed E-state index contributed by atoms with van der Waals surface area (Å²) in [5, 5.41) is 4.37. The summed E-state index contributed by atoms with van der Waals surface area (Å²) in [4.78, 5) is 4.46. The fourth-order valence-corrected chi connectivity index (χ4v) is 5.16. The standard InChI is InChI=1S/C24H24N2.C11H11N2.Ir/c1-18-15-22(20-7-5-4-6-8-20)16-19(2)24(18)21-9-11-23(12-10-21)26-14-13-25(3)17-26;1-9-8-10(2)13(12-9)11-6-4-3-5-7-11;/h4-11,15-17H,13-14H2,1-3H3;3-6,8H,1-2H3;/q-2;-1;+3. The van der Waals surface area contributed by atoms with Gasteiger partial charge in [0, 0.05) is 5.69 Å². The molecule has 0 aliphatic carbocycles. The molecule has 0 amide bonds. The average molecular weight is 704 g/mol. The van der Waals surface area contributed by atoms with Crippen molar-refractivity contribution in [3.8, 4) is 27.9 Å². The molecule has 2 heterocycles. The number of aromatic nitrogens is 2. The third-order valence-corrected chi connectivity index (χ3v) is 6.99. The van der Waals surface area contributed by atoms with Crippen molar-refractivity contribution in [2.75, 3.05) is 25.0 Å². The van der Waals surface area contributed by atoms with Gasteiger partial charge in [-0.25, -0.2) is 0 Å². The monoisotopic (exact) mass is 704 g/mol. The minimum Gasteiger partial charge on any atom is -0.528 e. The van der Waals surface area contributed by atoms with Gasteiger partial charge in [0.2, 0.25) is 0 Å². The van der Waals surface area contributed by atoms with Crippen molar-refractivity contribution in [1.29, 1.82) is 0 Å². The van der Waals surface area contributed by atoms with Crippen molar-refractivity contribution in [3.63, 3.8) is 0 Å². The maximum atomic E-state index is 4.37. The molecule has 4 nitrogen and oxygen atoms in total. The Labute approximate surface area is 252 Å². The number of nitrogens with zero attached hydrogens (tertiary/aromatic N) is 4. The van der Waals surface area contributed by atoms with Gasteiger partial charge in [-0.05, 0) is 70.7 Å². The molecule has 5 aromatic rings. The molecule has 0 saturated carbocycles. The Balaban J connectivity index is 0.000000223. The minimum absolute atomic E-state index is 0. The molecule has 0 atom stereocenters. The van der Waals surface area contributed by atoms with Gasteiger partial charge in [0.05, 0.1) is 5.69 Å². The number of para-hydroxylation sites is 1. The molecule has 1 aliphatic rings. The Kier molecular flexibility index (Phi) is 9.76. The first-order valence-electron chi connectivity index (χ1n) is 13.4. The summed E-state index contributed by atoms with van der Waals surface area (Å²) in [6.45, 7) is 12.7. The molecule has 5 heteroatoms. The summed E-state index contributed by atoms with van der Waals surface area (Å²) in [7, 11) is 2.11. The summed E-state index contributed by atoms with van der Waals surface area (Å²) < 4.78 is 1.90. The predicted octanol–water partition coefficient (Wildman–Crippen LogP) is 7.60. The van der Waals surface area contributed by atoms with Crippen LogP contribution in [0.4, 0.5) is 5.69 Å². The van der Waals surface area contributed by atoms with E-state index in [1.165, 1.54) is 33.4 Å². The fourth-order valence-electron chi connectivity index (χ4n) is 5.16. The van der Waals surface area contributed by atoms with Crippen molar-refractivity contribution in [2.45, 2.75) is 27.7 Å². The van der Waals surface area contributed by atoms with E-state index in [1.54, 1.807) is 0 Å². The van der Waals surface area contributed by atoms with E-state index in [0.29, 0.717) is 0 Å². The summed E-state index contributed by atoms with van der Waals surface area (Å²) in [5.41, 5.74) is 12.0. The van der Waals surface area contributed by atoms with Gasteiger partial charge in [-0.3, -0.25) is 4.68 Å². The molecular weight excluding hydrogens is 669 g/mol. The first-order valence-corrected chi connectivity index (χ1v) is 13.4. The van der Waals surface area contributed by atoms with Gasteiger partial charge in [-0.2, -0.15) is 54.2 Å². The molecule has 0 unspecified atom stereocenters. The number of anilines is 1. The van der Waals surface area contributed by atoms with Gasteiger partial charge in [-0.1, -0.05) is 59.2 Å². The van der Waals surface area contributed by atoms with E-state index in [4.69, 9.17) is 0 Å². The van der Waals surface area contributed by atoms with Crippen LogP contribution in [0, 0.1) is 46.5 Å². The Morgan fingerprint density at radius 3 is 2.00 bits per heavy atom. The largest absolute Gasteiger partial charge is 3.00 e. The van der Waals surface area contributed by atoms with Crippen LogP contribution in [0.2, 0.25) is 0 Å². The number of hydrogen-bond acceptors (Lipinski definition) is 3. The van der Waals surface area contributed by atoms with Crippen molar-refractivity contribution in [3.05, 3.63) is 132 Å². The van der Waals surface area contributed by atoms with E-state index < -0.39 is 0 Å². The van der Waals surface area contributed by atoms with Crippen LogP contribution in [0.15, 0.2) is 91.0 Å². The van der Waals surface area contributed by atoms with Crippen molar-refractivity contribution in [1.82, 2.24) is 14.7 Å². The maximum absolute atomic E-state index is 4.37. The van der Waals surface area contributed by atoms with Gasteiger partial charge in [0.25, 0.3) is 0 Å². The number of aryl methyl sites for hydroxylation is 4. The van der Waals surface area contributed by atoms with Gasteiger partial charge in [-0.15, -0.1) is 23.4 Å². The van der Waals surface area contributed by atoms with E-state index in [0.717, 1.165) is 35.9 Å². The van der Waals surface area contributed by atoms with E-state index >= 15 is 0 Å². The zero-order valence-corrected chi connectivity index (χ0v) is 26.2. The van der Waals surface area contributed by atoms with Crippen LogP contribution in [0.5, 0.6) is 0 Å². The molecule has 4 aromatic carbocycles. The SMILES string of the molecule is Cc1cc(-c2ccccc2)cc(C)c1-c1c[c-]c(N2[CH-]N(C)CC2)cc1.Cc1cc(C)n(-c2[c-]cccc2)n1.[Ir+3]. The van der Waals surface area contributed by atoms with Gasteiger partial charge >= 0.3 is 20.1 Å². The first-order chi connectivity index (χ1) is 18.9. The number of hydrogen-bond donors (Lipinski definition) is 0. The Hall–Kier alpha value is -3.50. The van der Waals surface area contributed by atoms with E-state index in [9.17, 15) is 0 Å². The van der Waals surface area contributed by atoms with Crippen LogP contribution in [0.25, 0.3) is 27.9 Å². The topological polar surface area (TPSA) is 24.3 Å². The summed E-state index contributed by atoms with van der Waals surface area (Å²) in [6, 6.07) is 38.2. The zero-order valence-electron chi connectivity index (χ0n) is 23.8. The molecular formula is C35H35IrN4. The normalized spacial score (nSPS) is 13.0. The molecule has 0 bridgehead atoms. The van der Waals surface area contributed by atoms with Crippen LogP contribution in [0.3, 0.4) is 0 Å². The van der Waals surface area contributed by atoms with Gasteiger partial charge in [0.1, 0.15) is 0 Å². The molecule has 1 fully saturated rings. The summed E-state index contributed by atoms with van der Waals surface area (Å²) >= 11 is 0. The van der Waals surface area contributed by atoms with Crippen molar-refractivity contribution in [2.24, 2.45) is 0 Å². The predicted molar refractivity (Wildman–Crippen MR) is 162 cm³/mol. The molecule has 204 valence electrons. The molecule has 6 rings (SSSR count). The van der Waals surface area contributed by atoms with Crippen molar-refractivity contribution < 1.29 is 20.1 Å². The molecule has 1 aliphatic heterocycles. The minimum atomic E-state index is 0. The molecule has 0 radical (unpaired) electrons. The van der Waals surface area contributed by atoms with Crippen molar-refractivity contribution >= 4 is 5.69 Å². The average Bonchev–Trinajstić information content (AvgIpc) is 3.54. The molecule has 1 saturated heterocycles. The quantitative estimate of drug-likeness (QED) is 0.180. The van der Waals surface area contributed by atoms with Crippen LogP contribution in [-0.2, 0) is 20.1 Å². The summed E-state index contributed by atoms with van der Waals surface area (Å²) in [6.07, 6.45) is 0. The fraction of sp³-hybridized carbons (Fsp3) is 0.200. The van der Waals surface area contributed by atoms with E-state index in [1.807, 2.05) is 42.8 Å². The van der Waals surface area contributed by atoms with Gasteiger partial charge in [0.15, 0.2) is 0 Å². The van der Waals surface area contributed by atoms with Crippen LogP contribution in [0.1, 0.15) is 22.5 Å². The maximum Gasteiger partial charge on any atom is 3.00 e. The number of rotatable bonds is 4.